The highest BCUT2D eigenvalue weighted by molar-refractivity contribution is 5.98. The minimum absolute atomic E-state index is 0.0480. The first-order valence-electron chi connectivity index (χ1n) is 8.56. The highest BCUT2D eigenvalue weighted by Crippen LogP contribution is 2.12. The molecule has 6 nitrogen and oxygen atoms in total. The summed E-state index contributed by atoms with van der Waals surface area (Å²) in [5.41, 5.74) is 5.93. The molecule has 27 heavy (non-hydrogen) atoms. The summed E-state index contributed by atoms with van der Waals surface area (Å²) in [6.45, 7) is 1.79. The van der Waals surface area contributed by atoms with Crippen LogP contribution in [0.2, 0.25) is 0 Å². The van der Waals surface area contributed by atoms with Crippen LogP contribution in [0.5, 0.6) is 5.75 Å². The second-order valence-corrected chi connectivity index (χ2v) is 5.81. The number of carbonyl (C=O) groups excluding carboxylic acids is 3. The molecule has 2 rings (SSSR count). The summed E-state index contributed by atoms with van der Waals surface area (Å²) in [6.07, 6.45) is 0.764. The molecule has 0 saturated heterocycles. The number of ketones is 1. The topological polar surface area (TPSA) is 84.5 Å². The van der Waals surface area contributed by atoms with Crippen LogP contribution in [0.15, 0.2) is 48.5 Å². The summed E-state index contributed by atoms with van der Waals surface area (Å²) in [6, 6.07) is 12.5. The number of halogens is 1. The van der Waals surface area contributed by atoms with E-state index in [1.165, 1.54) is 24.3 Å². The Morgan fingerprint density at radius 3 is 2.15 bits per heavy atom. The Morgan fingerprint density at radius 2 is 1.52 bits per heavy atom. The van der Waals surface area contributed by atoms with E-state index in [-0.39, 0.29) is 25.2 Å². The molecule has 0 aliphatic rings. The molecule has 2 N–H and O–H groups in total. The Labute approximate surface area is 156 Å². The van der Waals surface area contributed by atoms with Gasteiger partial charge in [0.05, 0.1) is 0 Å². The molecule has 0 bridgehead atoms. The minimum Gasteiger partial charge on any atom is -0.484 e. The molecule has 0 aliphatic heterocycles. The van der Waals surface area contributed by atoms with E-state index >= 15 is 0 Å². The molecule has 0 saturated carbocycles. The SMILES string of the molecule is CCc1ccc(OCC(=O)NNC(=O)CCC(=O)c2ccc(F)cc2)cc1. The highest BCUT2D eigenvalue weighted by Gasteiger charge is 2.10. The predicted molar refractivity (Wildman–Crippen MR) is 97.6 cm³/mol. The third-order valence-corrected chi connectivity index (χ3v) is 3.79. The molecule has 0 unspecified atom stereocenters. The lowest BCUT2D eigenvalue weighted by Crippen LogP contribution is -2.43. The first-order valence-corrected chi connectivity index (χ1v) is 8.56. The Bertz CT molecular complexity index is 789. The van der Waals surface area contributed by atoms with Crippen LogP contribution in [0.3, 0.4) is 0 Å². The number of hydrogen-bond acceptors (Lipinski definition) is 4. The van der Waals surface area contributed by atoms with Gasteiger partial charge >= 0.3 is 0 Å². The van der Waals surface area contributed by atoms with E-state index < -0.39 is 17.6 Å². The van der Waals surface area contributed by atoms with Gasteiger partial charge in [-0.05, 0) is 48.4 Å². The molecule has 0 aliphatic carbocycles. The van der Waals surface area contributed by atoms with Crippen LogP contribution in [0.4, 0.5) is 4.39 Å². The van der Waals surface area contributed by atoms with Gasteiger partial charge in [-0.2, -0.15) is 0 Å². The summed E-state index contributed by atoms with van der Waals surface area (Å²) < 4.78 is 18.1. The van der Waals surface area contributed by atoms with Crippen molar-refractivity contribution in [2.75, 3.05) is 6.61 Å². The molecular formula is C20H21FN2O4. The highest BCUT2D eigenvalue weighted by atomic mass is 19.1. The molecule has 7 heteroatoms. The Balaban J connectivity index is 1.66. The maximum Gasteiger partial charge on any atom is 0.276 e. The fourth-order valence-corrected chi connectivity index (χ4v) is 2.22. The summed E-state index contributed by atoms with van der Waals surface area (Å²) in [5.74, 6) is -1.19. The normalized spacial score (nSPS) is 10.1. The second kappa shape index (κ2) is 10.1. The maximum atomic E-state index is 12.8. The van der Waals surface area contributed by atoms with Crippen molar-refractivity contribution in [1.29, 1.82) is 0 Å². The number of aryl methyl sites for hydroxylation is 1. The van der Waals surface area contributed by atoms with Crippen molar-refractivity contribution in [3.8, 4) is 5.75 Å². The number of benzene rings is 2. The number of Topliss-reactive ketones (excluding diaryl/α,β-unsaturated/α-hetero) is 1. The summed E-state index contributed by atoms with van der Waals surface area (Å²) >= 11 is 0. The van der Waals surface area contributed by atoms with E-state index in [2.05, 4.69) is 10.9 Å². The lowest BCUT2D eigenvalue weighted by Gasteiger charge is -2.09. The number of amides is 2. The van der Waals surface area contributed by atoms with Gasteiger partial charge in [0.2, 0.25) is 5.91 Å². The molecule has 0 fully saturated rings. The zero-order valence-corrected chi connectivity index (χ0v) is 15.0. The summed E-state index contributed by atoms with van der Waals surface area (Å²) in [4.78, 5) is 35.3. The standard InChI is InChI=1S/C20H21FN2O4/c1-2-14-3-9-17(10-4-14)27-13-20(26)23-22-19(25)12-11-18(24)15-5-7-16(21)8-6-15/h3-10H,2,11-13H2,1H3,(H,22,25)(H,23,26). The molecule has 0 aromatic heterocycles. The number of carbonyl (C=O) groups is 3. The zero-order chi connectivity index (χ0) is 19.6. The Hall–Kier alpha value is -3.22. The second-order valence-electron chi connectivity index (χ2n) is 5.81. The molecule has 142 valence electrons. The van der Waals surface area contributed by atoms with E-state index in [1.807, 2.05) is 19.1 Å². The average Bonchev–Trinajstić information content (AvgIpc) is 2.69. The number of hydrogen-bond donors (Lipinski definition) is 2. The van der Waals surface area contributed by atoms with Crippen molar-refractivity contribution in [2.24, 2.45) is 0 Å². The van der Waals surface area contributed by atoms with Gasteiger partial charge in [0.25, 0.3) is 5.91 Å². The van der Waals surface area contributed by atoms with E-state index in [0.717, 1.165) is 12.0 Å². The molecule has 2 aromatic carbocycles. The van der Waals surface area contributed by atoms with Gasteiger partial charge in [-0.3, -0.25) is 25.2 Å². The predicted octanol–water partition coefficient (Wildman–Crippen LogP) is 2.58. The Kier molecular flexibility index (Phi) is 7.49. The van der Waals surface area contributed by atoms with E-state index in [9.17, 15) is 18.8 Å². The maximum absolute atomic E-state index is 12.8. The molecule has 0 spiro atoms. The van der Waals surface area contributed by atoms with Crippen LogP contribution in [-0.2, 0) is 16.0 Å². The smallest absolute Gasteiger partial charge is 0.276 e. The van der Waals surface area contributed by atoms with Crippen LogP contribution in [0, 0.1) is 5.82 Å². The van der Waals surface area contributed by atoms with Gasteiger partial charge in [0.1, 0.15) is 11.6 Å². The van der Waals surface area contributed by atoms with Crippen LogP contribution < -0.4 is 15.6 Å². The summed E-state index contributed by atoms with van der Waals surface area (Å²) in [7, 11) is 0. The number of nitrogens with one attached hydrogen (secondary N) is 2. The summed E-state index contributed by atoms with van der Waals surface area (Å²) in [5, 5.41) is 0. The number of ether oxygens (including phenoxy) is 1. The van der Waals surface area contributed by atoms with Gasteiger partial charge in [0, 0.05) is 18.4 Å². The lowest BCUT2D eigenvalue weighted by atomic mass is 10.1. The number of rotatable bonds is 8. The van der Waals surface area contributed by atoms with Gasteiger partial charge in [-0.1, -0.05) is 19.1 Å². The van der Waals surface area contributed by atoms with Crippen molar-refractivity contribution in [2.45, 2.75) is 26.2 Å². The van der Waals surface area contributed by atoms with Crippen molar-refractivity contribution >= 4 is 17.6 Å². The van der Waals surface area contributed by atoms with Crippen molar-refractivity contribution in [1.82, 2.24) is 10.9 Å². The molecule has 2 aromatic rings. The van der Waals surface area contributed by atoms with Crippen molar-refractivity contribution in [3.63, 3.8) is 0 Å². The first-order chi connectivity index (χ1) is 13.0. The lowest BCUT2D eigenvalue weighted by molar-refractivity contribution is -0.130. The first kappa shape index (κ1) is 20.1. The van der Waals surface area contributed by atoms with Crippen molar-refractivity contribution in [3.05, 3.63) is 65.5 Å². The zero-order valence-electron chi connectivity index (χ0n) is 15.0. The largest absolute Gasteiger partial charge is 0.484 e. The minimum atomic E-state index is -0.521. The van der Waals surface area contributed by atoms with Gasteiger partial charge in [-0.15, -0.1) is 0 Å². The quantitative estimate of drug-likeness (QED) is 0.551. The fourth-order valence-electron chi connectivity index (χ4n) is 2.22. The molecule has 0 heterocycles. The molecule has 0 radical (unpaired) electrons. The van der Waals surface area contributed by atoms with Crippen LogP contribution in [-0.4, -0.2) is 24.2 Å². The third-order valence-electron chi connectivity index (χ3n) is 3.79. The van der Waals surface area contributed by atoms with Crippen LogP contribution >= 0.6 is 0 Å². The van der Waals surface area contributed by atoms with Gasteiger partial charge < -0.3 is 4.74 Å². The van der Waals surface area contributed by atoms with Crippen LogP contribution in [0.25, 0.3) is 0 Å². The molecule has 2 amide bonds. The average molecular weight is 372 g/mol. The van der Waals surface area contributed by atoms with E-state index in [0.29, 0.717) is 11.3 Å². The van der Waals surface area contributed by atoms with Gasteiger partial charge in [-0.25, -0.2) is 4.39 Å². The Morgan fingerprint density at radius 1 is 0.889 bits per heavy atom. The van der Waals surface area contributed by atoms with Gasteiger partial charge in [0.15, 0.2) is 12.4 Å². The van der Waals surface area contributed by atoms with E-state index in [1.54, 1.807) is 12.1 Å². The van der Waals surface area contributed by atoms with Crippen molar-refractivity contribution < 1.29 is 23.5 Å². The molecule has 0 atom stereocenters. The number of hydrazine groups is 1. The van der Waals surface area contributed by atoms with Crippen LogP contribution in [0.1, 0.15) is 35.7 Å². The van der Waals surface area contributed by atoms with E-state index in [4.69, 9.17) is 4.74 Å². The third kappa shape index (κ3) is 6.89. The monoisotopic (exact) mass is 372 g/mol. The fraction of sp³-hybridized carbons (Fsp3) is 0.250. The molecular weight excluding hydrogens is 351 g/mol.